The Hall–Kier alpha value is -3.27. The van der Waals surface area contributed by atoms with Gasteiger partial charge in [-0.3, -0.25) is 0 Å². The van der Waals surface area contributed by atoms with Gasteiger partial charge in [-0.05, 0) is 49.2 Å². The molecule has 3 aromatic carbocycles. The second-order valence-electron chi connectivity index (χ2n) is 6.78. The first-order valence-electron chi connectivity index (χ1n) is 9.54. The van der Waals surface area contributed by atoms with E-state index in [1.165, 1.54) is 0 Å². The van der Waals surface area contributed by atoms with E-state index in [4.69, 9.17) is 14.5 Å². The number of methoxy groups -OCH3 is 1. The number of aryl methyl sites for hydroxylation is 2. The molecule has 0 radical (unpaired) electrons. The Morgan fingerprint density at radius 1 is 0.929 bits per heavy atom. The molecule has 4 rings (SSSR count). The van der Waals surface area contributed by atoms with Gasteiger partial charge < -0.3 is 14.0 Å². The summed E-state index contributed by atoms with van der Waals surface area (Å²) in [6.07, 6.45) is 0.895. The zero-order valence-corrected chi connectivity index (χ0v) is 16.3. The summed E-state index contributed by atoms with van der Waals surface area (Å²) in [7, 11) is 1.69. The topological polar surface area (TPSA) is 36.3 Å². The first-order valence-corrected chi connectivity index (χ1v) is 9.54. The highest BCUT2D eigenvalue weighted by Crippen LogP contribution is 2.27. The molecule has 0 bridgehead atoms. The van der Waals surface area contributed by atoms with Crippen molar-refractivity contribution < 1.29 is 9.47 Å². The molecule has 0 fully saturated rings. The molecule has 0 amide bonds. The van der Waals surface area contributed by atoms with Gasteiger partial charge in [0.25, 0.3) is 0 Å². The Morgan fingerprint density at radius 3 is 2.61 bits per heavy atom. The van der Waals surface area contributed by atoms with E-state index in [0.717, 1.165) is 52.4 Å². The van der Waals surface area contributed by atoms with Gasteiger partial charge in [-0.1, -0.05) is 42.5 Å². The van der Waals surface area contributed by atoms with E-state index in [0.29, 0.717) is 6.61 Å². The molecule has 0 aliphatic rings. The third kappa shape index (κ3) is 3.72. The van der Waals surface area contributed by atoms with Crippen LogP contribution in [0.2, 0.25) is 0 Å². The number of rotatable bonds is 7. The maximum absolute atomic E-state index is 5.98. The van der Waals surface area contributed by atoms with Gasteiger partial charge in [-0.15, -0.1) is 0 Å². The molecule has 0 saturated carbocycles. The van der Waals surface area contributed by atoms with Gasteiger partial charge in [0.1, 0.15) is 17.3 Å². The number of aromatic nitrogens is 2. The van der Waals surface area contributed by atoms with Crippen molar-refractivity contribution in [2.45, 2.75) is 19.9 Å². The van der Waals surface area contributed by atoms with Gasteiger partial charge >= 0.3 is 0 Å². The minimum Gasteiger partial charge on any atom is -0.497 e. The SMILES string of the molecule is COc1cccc(-c2nc3ccccc3n2CCCOc2ccccc2C)c1. The van der Waals surface area contributed by atoms with Crippen molar-refractivity contribution in [3.05, 3.63) is 78.4 Å². The molecule has 1 aromatic heterocycles. The average molecular weight is 372 g/mol. The van der Waals surface area contributed by atoms with Gasteiger partial charge in [0.05, 0.1) is 24.8 Å². The van der Waals surface area contributed by atoms with Crippen LogP contribution in [0.3, 0.4) is 0 Å². The molecule has 28 heavy (non-hydrogen) atoms. The first kappa shape index (κ1) is 18.1. The van der Waals surface area contributed by atoms with E-state index in [2.05, 4.69) is 41.8 Å². The van der Waals surface area contributed by atoms with Crippen LogP contribution in [-0.4, -0.2) is 23.3 Å². The average Bonchev–Trinajstić information content (AvgIpc) is 3.11. The summed E-state index contributed by atoms with van der Waals surface area (Å²) in [6, 6.07) is 24.4. The predicted octanol–water partition coefficient (Wildman–Crippen LogP) is 5.49. The van der Waals surface area contributed by atoms with Crippen molar-refractivity contribution in [3.8, 4) is 22.9 Å². The Morgan fingerprint density at radius 2 is 1.75 bits per heavy atom. The lowest BCUT2D eigenvalue weighted by Crippen LogP contribution is -2.06. The summed E-state index contributed by atoms with van der Waals surface area (Å²) >= 11 is 0. The number of benzene rings is 3. The van der Waals surface area contributed by atoms with Crippen LogP contribution in [0, 0.1) is 6.92 Å². The van der Waals surface area contributed by atoms with Crippen LogP contribution >= 0.6 is 0 Å². The summed E-state index contributed by atoms with van der Waals surface area (Å²) in [5.41, 5.74) is 4.35. The van der Waals surface area contributed by atoms with Gasteiger partial charge in [-0.25, -0.2) is 4.98 Å². The highest BCUT2D eigenvalue weighted by molar-refractivity contribution is 5.80. The highest BCUT2D eigenvalue weighted by atomic mass is 16.5. The Bertz CT molecular complexity index is 1080. The molecule has 0 unspecified atom stereocenters. The van der Waals surface area contributed by atoms with Gasteiger partial charge in [0.15, 0.2) is 0 Å². The smallest absolute Gasteiger partial charge is 0.141 e. The Labute approximate surface area is 165 Å². The molecule has 0 atom stereocenters. The predicted molar refractivity (Wildman–Crippen MR) is 113 cm³/mol. The van der Waals surface area contributed by atoms with E-state index in [1.54, 1.807) is 7.11 Å². The number of hydrogen-bond donors (Lipinski definition) is 0. The second-order valence-corrected chi connectivity index (χ2v) is 6.78. The van der Waals surface area contributed by atoms with Crippen LogP contribution < -0.4 is 9.47 Å². The number of imidazole rings is 1. The van der Waals surface area contributed by atoms with Crippen molar-refractivity contribution in [2.24, 2.45) is 0 Å². The molecular weight excluding hydrogens is 348 g/mol. The highest BCUT2D eigenvalue weighted by Gasteiger charge is 2.13. The quantitative estimate of drug-likeness (QED) is 0.403. The lowest BCUT2D eigenvalue weighted by Gasteiger charge is -2.12. The monoisotopic (exact) mass is 372 g/mol. The summed E-state index contributed by atoms with van der Waals surface area (Å²) in [5, 5.41) is 0. The number of fused-ring (bicyclic) bond motifs is 1. The normalized spacial score (nSPS) is 10.9. The molecule has 0 aliphatic carbocycles. The van der Waals surface area contributed by atoms with Gasteiger partial charge in [0, 0.05) is 12.1 Å². The minimum atomic E-state index is 0.662. The van der Waals surface area contributed by atoms with Crippen LogP contribution in [0.5, 0.6) is 11.5 Å². The van der Waals surface area contributed by atoms with Crippen LogP contribution in [-0.2, 0) is 6.54 Å². The lowest BCUT2D eigenvalue weighted by molar-refractivity contribution is 0.301. The molecule has 142 valence electrons. The summed E-state index contributed by atoms with van der Waals surface area (Å²) < 4.78 is 13.6. The molecule has 1 heterocycles. The van der Waals surface area contributed by atoms with Gasteiger partial charge in [0.2, 0.25) is 0 Å². The van der Waals surface area contributed by atoms with Crippen LogP contribution in [0.4, 0.5) is 0 Å². The summed E-state index contributed by atoms with van der Waals surface area (Å²) in [5.74, 6) is 2.74. The van der Waals surface area contributed by atoms with Crippen LogP contribution in [0.25, 0.3) is 22.4 Å². The minimum absolute atomic E-state index is 0.662. The first-order chi connectivity index (χ1) is 13.8. The third-order valence-electron chi connectivity index (χ3n) is 4.86. The van der Waals surface area contributed by atoms with E-state index in [-0.39, 0.29) is 0 Å². The van der Waals surface area contributed by atoms with Crippen molar-refractivity contribution in [2.75, 3.05) is 13.7 Å². The largest absolute Gasteiger partial charge is 0.497 e. The standard InChI is InChI=1S/C24H24N2O2/c1-18-9-3-6-14-23(18)28-16-8-15-26-22-13-5-4-12-21(22)25-24(26)19-10-7-11-20(17-19)27-2/h3-7,9-14,17H,8,15-16H2,1-2H3. The van der Waals surface area contributed by atoms with E-state index >= 15 is 0 Å². The molecule has 0 aliphatic heterocycles. The van der Waals surface area contributed by atoms with Crippen LogP contribution in [0.15, 0.2) is 72.8 Å². The molecular formula is C24H24N2O2. The van der Waals surface area contributed by atoms with Crippen molar-refractivity contribution >= 4 is 11.0 Å². The molecule has 0 saturated heterocycles. The third-order valence-corrected chi connectivity index (χ3v) is 4.86. The van der Waals surface area contributed by atoms with Crippen molar-refractivity contribution in [1.82, 2.24) is 9.55 Å². The zero-order valence-electron chi connectivity index (χ0n) is 16.3. The Balaban J connectivity index is 1.57. The fraction of sp³-hybridized carbons (Fsp3) is 0.208. The fourth-order valence-corrected chi connectivity index (χ4v) is 3.41. The Kier molecular flexibility index (Phi) is 5.29. The van der Waals surface area contributed by atoms with Crippen LogP contribution in [0.1, 0.15) is 12.0 Å². The van der Waals surface area contributed by atoms with Gasteiger partial charge in [-0.2, -0.15) is 0 Å². The maximum Gasteiger partial charge on any atom is 0.141 e. The summed E-state index contributed by atoms with van der Waals surface area (Å²) in [6.45, 7) is 3.56. The molecule has 0 N–H and O–H groups in total. The fourth-order valence-electron chi connectivity index (χ4n) is 3.41. The number of para-hydroxylation sites is 3. The molecule has 0 spiro atoms. The lowest BCUT2D eigenvalue weighted by atomic mass is 10.2. The number of ether oxygens (including phenoxy) is 2. The van der Waals surface area contributed by atoms with Crippen molar-refractivity contribution in [1.29, 1.82) is 0 Å². The molecule has 4 heteroatoms. The second kappa shape index (κ2) is 8.17. The number of nitrogens with zero attached hydrogens (tertiary/aromatic N) is 2. The molecule has 4 aromatic rings. The summed E-state index contributed by atoms with van der Waals surface area (Å²) in [4.78, 5) is 4.88. The van der Waals surface area contributed by atoms with Crippen molar-refractivity contribution in [3.63, 3.8) is 0 Å². The maximum atomic E-state index is 5.98. The zero-order chi connectivity index (χ0) is 19.3. The number of hydrogen-bond acceptors (Lipinski definition) is 3. The molecule has 4 nitrogen and oxygen atoms in total. The van der Waals surface area contributed by atoms with E-state index in [1.807, 2.05) is 42.5 Å². The van der Waals surface area contributed by atoms with E-state index in [9.17, 15) is 0 Å². The van der Waals surface area contributed by atoms with E-state index < -0.39 is 0 Å².